The molecule has 0 bridgehead atoms. The van der Waals surface area contributed by atoms with E-state index in [2.05, 4.69) is 10.4 Å². The zero-order valence-corrected chi connectivity index (χ0v) is 10.5. The average Bonchev–Trinajstić information content (AvgIpc) is 2.70. The molecule has 1 aliphatic heterocycles. The number of likely N-dealkylation sites (N-methyl/N-ethyl adjacent to an activating group) is 1. The molecule has 5 nitrogen and oxygen atoms in total. The van der Waals surface area contributed by atoms with Crippen LogP contribution in [0.2, 0.25) is 0 Å². The van der Waals surface area contributed by atoms with Gasteiger partial charge in [-0.15, -0.1) is 0 Å². The summed E-state index contributed by atoms with van der Waals surface area (Å²) in [6.45, 7) is 4.40. The van der Waals surface area contributed by atoms with Crippen LogP contribution in [-0.2, 0) is 18.4 Å². The minimum Gasteiger partial charge on any atom is -0.335 e. The van der Waals surface area contributed by atoms with Gasteiger partial charge in [-0.25, -0.2) is 0 Å². The number of aryl methyl sites for hydroxylation is 1. The van der Waals surface area contributed by atoms with Gasteiger partial charge in [0, 0.05) is 19.8 Å². The predicted octanol–water partition coefficient (Wildman–Crippen LogP) is 0.521. The van der Waals surface area contributed by atoms with Gasteiger partial charge >= 0.3 is 0 Å². The highest BCUT2D eigenvalue weighted by Crippen LogP contribution is 2.14. The lowest BCUT2D eigenvalue weighted by Gasteiger charge is -2.32. The van der Waals surface area contributed by atoms with E-state index in [-0.39, 0.29) is 11.9 Å². The van der Waals surface area contributed by atoms with Gasteiger partial charge in [-0.3, -0.25) is 9.48 Å². The third-order valence-corrected chi connectivity index (χ3v) is 3.26. The third kappa shape index (κ3) is 2.66. The molecule has 1 fully saturated rings. The fraction of sp³-hybridized carbons (Fsp3) is 0.667. The third-order valence-electron chi connectivity index (χ3n) is 3.26. The van der Waals surface area contributed by atoms with E-state index in [9.17, 15) is 4.79 Å². The van der Waals surface area contributed by atoms with Crippen LogP contribution in [0.5, 0.6) is 0 Å². The second-order valence-electron chi connectivity index (χ2n) is 4.46. The van der Waals surface area contributed by atoms with Gasteiger partial charge in [-0.05, 0) is 25.5 Å². The van der Waals surface area contributed by atoms with Crippen molar-refractivity contribution in [3.63, 3.8) is 0 Å². The Morgan fingerprint density at radius 3 is 3.06 bits per heavy atom. The second kappa shape index (κ2) is 5.31. The van der Waals surface area contributed by atoms with Crippen molar-refractivity contribution < 1.29 is 4.79 Å². The molecule has 2 heterocycles. The molecule has 0 saturated carbocycles. The van der Waals surface area contributed by atoms with Crippen LogP contribution in [0.4, 0.5) is 0 Å². The number of nitrogens with one attached hydrogen (secondary N) is 1. The van der Waals surface area contributed by atoms with E-state index in [4.69, 9.17) is 0 Å². The van der Waals surface area contributed by atoms with Gasteiger partial charge in [-0.2, -0.15) is 5.10 Å². The highest BCUT2D eigenvalue weighted by atomic mass is 16.2. The number of aromatic nitrogens is 2. The Morgan fingerprint density at radius 2 is 2.41 bits per heavy atom. The van der Waals surface area contributed by atoms with E-state index in [1.807, 2.05) is 29.6 Å². The van der Waals surface area contributed by atoms with Crippen molar-refractivity contribution in [3.05, 3.63) is 18.0 Å². The number of nitrogens with zero attached hydrogens (tertiary/aromatic N) is 3. The van der Waals surface area contributed by atoms with Crippen LogP contribution in [0.1, 0.15) is 25.5 Å². The summed E-state index contributed by atoms with van der Waals surface area (Å²) in [4.78, 5) is 14.1. The van der Waals surface area contributed by atoms with Crippen LogP contribution in [-0.4, -0.2) is 39.7 Å². The standard InChI is InChI=1S/C12H20N4O/c1-3-13-11-5-4-8-16(12(11)17)9-10-6-7-14-15(10)2/h6-7,11,13H,3-5,8-9H2,1-2H3. The molecule has 0 aliphatic carbocycles. The van der Waals surface area contributed by atoms with Crippen molar-refractivity contribution >= 4 is 5.91 Å². The first kappa shape index (κ1) is 12.1. The molecule has 1 saturated heterocycles. The number of likely N-dealkylation sites (tertiary alicyclic amines) is 1. The molecule has 1 N–H and O–H groups in total. The first-order valence-electron chi connectivity index (χ1n) is 6.21. The number of piperidine rings is 1. The lowest BCUT2D eigenvalue weighted by atomic mass is 10.0. The molecule has 1 unspecified atom stereocenters. The Balaban J connectivity index is 2.01. The number of amides is 1. The number of hydrogen-bond acceptors (Lipinski definition) is 3. The highest BCUT2D eigenvalue weighted by molar-refractivity contribution is 5.82. The van der Waals surface area contributed by atoms with Crippen molar-refractivity contribution in [1.82, 2.24) is 20.0 Å². The molecular formula is C12H20N4O. The lowest BCUT2D eigenvalue weighted by Crippen LogP contribution is -2.50. The van der Waals surface area contributed by atoms with Crippen LogP contribution in [0.15, 0.2) is 12.3 Å². The van der Waals surface area contributed by atoms with Crippen LogP contribution in [0, 0.1) is 0 Å². The Hall–Kier alpha value is -1.36. The zero-order valence-electron chi connectivity index (χ0n) is 10.5. The smallest absolute Gasteiger partial charge is 0.240 e. The summed E-state index contributed by atoms with van der Waals surface area (Å²) in [5, 5.41) is 7.37. The first-order chi connectivity index (χ1) is 8.22. The topological polar surface area (TPSA) is 50.2 Å². The molecule has 17 heavy (non-hydrogen) atoms. The quantitative estimate of drug-likeness (QED) is 0.829. The van der Waals surface area contributed by atoms with Crippen LogP contribution < -0.4 is 5.32 Å². The molecule has 0 aromatic carbocycles. The summed E-state index contributed by atoms with van der Waals surface area (Å²) >= 11 is 0. The van der Waals surface area contributed by atoms with Crippen LogP contribution >= 0.6 is 0 Å². The molecule has 1 aromatic rings. The molecule has 2 rings (SSSR count). The maximum atomic E-state index is 12.2. The van der Waals surface area contributed by atoms with E-state index in [0.717, 1.165) is 31.6 Å². The average molecular weight is 236 g/mol. The predicted molar refractivity (Wildman–Crippen MR) is 65.3 cm³/mol. The molecule has 94 valence electrons. The maximum absolute atomic E-state index is 12.2. The fourth-order valence-corrected chi connectivity index (χ4v) is 2.29. The largest absolute Gasteiger partial charge is 0.335 e. The number of carbonyl (C=O) groups is 1. The van der Waals surface area contributed by atoms with Gasteiger partial charge in [0.05, 0.1) is 18.3 Å². The molecule has 5 heteroatoms. The molecule has 0 radical (unpaired) electrons. The van der Waals surface area contributed by atoms with Gasteiger partial charge in [-0.1, -0.05) is 6.92 Å². The van der Waals surface area contributed by atoms with Crippen LogP contribution in [0.3, 0.4) is 0 Å². The monoisotopic (exact) mass is 236 g/mol. The molecule has 1 aliphatic rings. The van der Waals surface area contributed by atoms with Crippen molar-refractivity contribution in [2.24, 2.45) is 7.05 Å². The zero-order chi connectivity index (χ0) is 12.3. The van der Waals surface area contributed by atoms with Crippen molar-refractivity contribution in [2.75, 3.05) is 13.1 Å². The van der Waals surface area contributed by atoms with E-state index in [1.54, 1.807) is 6.20 Å². The van der Waals surface area contributed by atoms with E-state index in [1.165, 1.54) is 0 Å². The lowest BCUT2D eigenvalue weighted by molar-refractivity contribution is -0.136. The van der Waals surface area contributed by atoms with Gasteiger partial charge in [0.1, 0.15) is 0 Å². The molecule has 1 aromatic heterocycles. The van der Waals surface area contributed by atoms with Gasteiger partial charge in [0.15, 0.2) is 0 Å². The normalized spacial score (nSPS) is 20.9. The Bertz CT molecular complexity index is 386. The maximum Gasteiger partial charge on any atom is 0.240 e. The van der Waals surface area contributed by atoms with Crippen molar-refractivity contribution in [3.8, 4) is 0 Å². The first-order valence-corrected chi connectivity index (χ1v) is 6.21. The summed E-state index contributed by atoms with van der Waals surface area (Å²) in [6, 6.07) is 1.96. The number of carbonyl (C=O) groups excluding carboxylic acids is 1. The minimum atomic E-state index is 0.00183. The van der Waals surface area contributed by atoms with E-state index in [0.29, 0.717) is 6.54 Å². The van der Waals surface area contributed by atoms with Crippen molar-refractivity contribution in [2.45, 2.75) is 32.4 Å². The van der Waals surface area contributed by atoms with Gasteiger partial charge in [0.25, 0.3) is 0 Å². The Kier molecular flexibility index (Phi) is 3.78. The van der Waals surface area contributed by atoms with Crippen LogP contribution in [0.25, 0.3) is 0 Å². The summed E-state index contributed by atoms with van der Waals surface area (Å²) in [5.41, 5.74) is 1.08. The number of hydrogen-bond donors (Lipinski definition) is 1. The molecule has 1 atom stereocenters. The molecule has 1 amide bonds. The van der Waals surface area contributed by atoms with E-state index < -0.39 is 0 Å². The Morgan fingerprint density at radius 1 is 1.59 bits per heavy atom. The summed E-state index contributed by atoms with van der Waals surface area (Å²) < 4.78 is 1.82. The van der Waals surface area contributed by atoms with Gasteiger partial charge < -0.3 is 10.2 Å². The summed E-state index contributed by atoms with van der Waals surface area (Å²) in [5.74, 6) is 0.222. The Labute approximate surface area is 102 Å². The summed E-state index contributed by atoms with van der Waals surface area (Å²) in [6.07, 6.45) is 3.79. The van der Waals surface area contributed by atoms with Crippen molar-refractivity contribution in [1.29, 1.82) is 0 Å². The summed E-state index contributed by atoms with van der Waals surface area (Å²) in [7, 11) is 1.91. The highest BCUT2D eigenvalue weighted by Gasteiger charge is 2.28. The fourth-order valence-electron chi connectivity index (χ4n) is 2.29. The second-order valence-corrected chi connectivity index (χ2v) is 4.46. The molecular weight excluding hydrogens is 216 g/mol. The van der Waals surface area contributed by atoms with E-state index >= 15 is 0 Å². The van der Waals surface area contributed by atoms with Gasteiger partial charge in [0.2, 0.25) is 5.91 Å². The SMILES string of the molecule is CCNC1CCCN(Cc2ccnn2C)C1=O. The minimum absolute atomic E-state index is 0.00183. The number of rotatable bonds is 4. The molecule has 0 spiro atoms.